The molecule has 1 aliphatic rings. The maximum absolute atomic E-state index is 6.06. The first-order valence-electron chi connectivity index (χ1n) is 7.34. The summed E-state index contributed by atoms with van der Waals surface area (Å²) in [5, 5.41) is 4.66. The zero-order chi connectivity index (χ0) is 14.0. The van der Waals surface area contributed by atoms with E-state index in [0.29, 0.717) is 6.61 Å². The van der Waals surface area contributed by atoms with E-state index in [1.165, 1.54) is 12.8 Å². The number of fused-ring (bicyclic) bond motifs is 1. The van der Waals surface area contributed by atoms with Gasteiger partial charge in [-0.25, -0.2) is 0 Å². The van der Waals surface area contributed by atoms with Gasteiger partial charge in [-0.1, -0.05) is 19.9 Å². The summed E-state index contributed by atoms with van der Waals surface area (Å²) in [4.78, 5) is 4.36. The van der Waals surface area contributed by atoms with Gasteiger partial charge in [0.1, 0.15) is 5.75 Å². The van der Waals surface area contributed by atoms with Crippen molar-refractivity contribution in [3.8, 4) is 5.75 Å². The molecule has 1 heterocycles. The summed E-state index contributed by atoms with van der Waals surface area (Å²) >= 11 is 0. The van der Waals surface area contributed by atoms with Crippen LogP contribution in [0.4, 0.5) is 0 Å². The number of pyridine rings is 1. The van der Waals surface area contributed by atoms with Crippen molar-refractivity contribution < 1.29 is 4.74 Å². The third-order valence-electron chi connectivity index (χ3n) is 3.67. The van der Waals surface area contributed by atoms with Crippen molar-refractivity contribution in [1.29, 1.82) is 0 Å². The van der Waals surface area contributed by atoms with Gasteiger partial charge in [-0.05, 0) is 37.1 Å². The summed E-state index contributed by atoms with van der Waals surface area (Å²) in [6.07, 6.45) is 4.47. The van der Waals surface area contributed by atoms with Crippen LogP contribution in [0, 0.1) is 5.41 Å². The first-order chi connectivity index (χ1) is 9.64. The molecule has 0 radical (unpaired) electrons. The van der Waals surface area contributed by atoms with Gasteiger partial charge >= 0.3 is 0 Å². The molecule has 1 N–H and O–H groups in total. The molecule has 106 valence electrons. The van der Waals surface area contributed by atoms with Crippen LogP contribution in [0.5, 0.6) is 5.75 Å². The van der Waals surface area contributed by atoms with Crippen LogP contribution in [0.3, 0.4) is 0 Å². The van der Waals surface area contributed by atoms with Crippen LogP contribution in [-0.2, 0) is 0 Å². The quantitative estimate of drug-likeness (QED) is 0.873. The number of nitrogens with zero attached hydrogens (tertiary/aromatic N) is 1. The summed E-state index contributed by atoms with van der Waals surface area (Å²) in [6.45, 7) is 6.19. The average Bonchev–Trinajstić information content (AvgIpc) is 3.27. The van der Waals surface area contributed by atoms with Crippen molar-refractivity contribution in [2.24, 2.45) is 5.41 Å². The highest BCUT2D eigenvalue weighted by Gasteiger charge is 2.25. The Morgan fingerprint density at radius 1 is 1.25 bits per heavy atom. The smallest absolute Gasteiger partial charge is 0.128 e. The molecule has 0 unspecified atom stereocenters. The van der Waals surface area contributed by atoms with Gasteiger partial charge in [0.25, 0.3) is 0 Å². The first-order valence-corrected chi connectivity index (χ1v) is 7.34. The fourth-order valence-electron chi connectivity index (χ4n) is 2.23. The molecule has 1 saturated carbocycles. The highest BCUT2D eigenvalue weighted by atomic mass is 16.5. The highest BCUT2D eigenvalue weighted by molar-refractivity contribution is 5.84. The van der Waals surface area contributed by atoms with Crippen LogP contribution in [0.15, 0.2) is 36.5 Å². The fraction of sp³-hybridized carbons (Fsp3) is 0.471. The lowest BCUT2D eigenvalue weighted by Gasteiger charge is -2.25. The van der Waals surface area contributed by atoms with E-state index >= 15 is 0 Å². The van der Waals surface area contributed by atoms with Crippen molar-refractivity contribution in [2.45, 2.75) is 32.7 Å². The van der Waals surface area contributed by atoms with Crippen molar-refractivity contribution in [3.63, 3.8) is 0 Å². The zero-order valence-corrected chi connectivity index (χ0v) is 12.2. The number of ether oxygens (including phenoxy) is 1. The molecule has 0 atom stereocenters. The minimum atomic E-state index is 0.132. The SMILES string of the molecule is CC(C)(CNC1CC1)COc1cccc2ncccc12. The molecule has 3 nitrogen and oxygen atoms in total. The first kappa shape index (κ1) is 13.4. The Balaban J connectivity index is 1.66. The summed E-state index contributed by atoms with van der Waals surface area (Å²) in [5.41, 5.74) is 1.12. The molecular weight excluding hydrogens is 248 g/mol. The Morgan fingerprint density at radius 2 is 2.10 bits per heavy atom. The molecule has 0 spiro atoms. The number of hydrogen-bond donors (Lipinski definition) is 1. The van der Waals surface area contributed by atoms with E-state index in [4.69, 9.17) is 4.74 Å². The molecule has 1 aromatic carbocycles. The molecule has 0 bridgehead atoms. The van der Waals surface area contributed by atoms with Gasteiger partial charge < -0.3 is 10.1 Å². The van der Waals surface area contributed by atoms with E-state index in [0.717, 1.165) is 29.2 Å². The molecular formula is C17H22N2O. The molecule has 0 amide bonds. The van der Waals surface area contributed by atoms with Crippen LogP contribution >= 0.6 is 0 Å². The molecule has 3 rings (SSSR count). The monoisotopic (exact) mass is 270 g/mol. The number of benzene rings is 1. The lowest BCUT2D eigenvalue weighted by molar-refractivity contribution is 0.177. The summed E-state index contributed by atoms with van der Waals surface area (Å²) < 4.78 is 6.06. The van der Waals surface area contributed by atoms with Crippen molar-refractivity contribution in [3.05, 3.63) is 36.5 Å². The molecule has 3 heteroatoms. The Hall–Kier alpha value is -1.61. The van der Waals surface area contributed by atoms with Crippen molar-refractivity contribution >= 4 is 10.9 Å². The number of hydrogen-bond acceptors (Lipinski definition) is 3. The maximum Gasteiger partial charge on any atom is 0.128 e. The second-order valence-electron chi connectivity index (χ2n) is 6.43. The van der Waals surface area contributed by atoms with E-state index in [1.807, 2.05) is 30.5 Å². The van der Waals surface area contributed by atoms with E-state index in [1.54, 1.807) is 0 Å². The predicted octanol–water partition coefficient (Wildman–Crippen LogP) is 3.39. The minimum Gasteiger partial charge on any atom is -0.492 e. The number of aromatic nitrogens is 1. The van der Waals surface area contributed by atoms with Crippen LogP contribution in [0.1, 0.15) is 26.7 Å². The average molecular weight is 270 g/mol. The Morgan fingerprint density at radius 3 is 2.90 bits per heavy atom. The van der Waals surface area contributed by atoms with Gasteiger partial charge in [0.15, 0.2) is 0 Å². The topological polar surface area (TPSA) is 34.1 Å². The summed E-state index contributed by atoms with van der Waals surface area (Å²) in [5.74, 6) is 0.926. The molecule has 1 fully saturated rings. The number of rotatable bonds is 6. The lowest BCUT2D eigenvalue weighted by atomic mass is 9.95. The Labute approximate surface area is 120 Å². The fourth-order valence-corrected chi connectivity index (χ4v) is 2.23. The van der Waals surface area contributed by atoms with Crippen LogP contribution in [-0.4, -0.2) is 24.2 Å². The van der Waals surface area contributed by atoms with Gasteiger partial charge in [-0.3, -0.25) is 4.98 Å². The molecule has 20 heavy (non-hydrogen) atoms. The number of nitrogens with one attached hydrogen (secondary N) is 1. The summed E-state index contributed by atoms with van der Waals surface area (Å²) in [6, 6.07) is 10.8. The standard InChI is InChI=1S/C17H22N2O/c1-17(2,11-19-13-8-9-13)12-20-16-7-3-6-15-14(16)5-4-10-18-15/h3-7,10,13,19H,8-9,11-12H2,1-2H3. The third-order valence-corrected chi connectivity index (χ3v) is 3.67. The highest BCUT2D eigenvalue weighted by Crippen LogP contribution is 2.26. The Bertz CT molecular complexity index is 585. The molecule has 0 aliphatic heterocycles. The largest absolute Gasteiger partial charge is 0.492 e. The normalized spacial score (nSPS) is 15.5. The van der Waals surface area contributed by atoms with Crippen LogP contribution in [0.2, 0.25) is 0 Å². The van der Waals surface area contributed by atoms with Gasteiger partial charge in [0.2, 0.25) is 0 Å². The summed E-state index contributed by atoms with van der Waals surface area (Å²) in [7, 11) is 0. The van der Waals surface area contributed by atoms with Gasteiger partial charge in [-0.15, -0.1) is 0 Å². The predicted molar refractivity (Wildman–Crippen MR) is 82.0 cm³/mol. The van der Waals surface area contributed by atoms with Crippen molar-refractivity contribution in [1.82, 2.24) is 10.3 Å². The van der Waals surface area contributed by atoms with Crippen molar-refractivity contribution in [2.75, 3.05) is 13.2 Å². The van der Waals surface area contributed by atoms with E-state index in [9.17, 15) is 0 Å². The van der Waals surface area contributed by atoms with E-state index in [2.05, 4.69) is 30.2 Å². The van der Waals surface area contributed by atoms with Crippen LogP contribution in [0.25, 0.3) is 10.9 Å². The second kappa shape index (κ2) is 5.41. The zero-order valence-electron chi connectivity index (χ0n) is 12.2. The van der Waals surface area contributed by atoms with Gasteiger partial charge in [0.05, 0.1) is 12.1 Å². The maximum atomic E-state index is 6.06. The van der Waals surface area contributed by atoms with E-state index in [-0.39, 0.29) is 5.41 Å². The van der Waals surface area contributed by atoms with Gasteiger partial charge in [-0.2, -0.15) is 0 Å². The Kier molecular flexibility index (Phi) is 3.62. The molecule has 0 saturated heterocycles. The van der Waals surface area contributed by atoms with Gasteiger partial charge in [0, 0.05) is 29.6 Å². The third kappa shape index (κ3) is 3.28. The second-order valence-corrected chi connectivity index (χ2v) is 6.43. The molecule has 1 aliphatic carbocycles. The van der Waals surface area contributed by atoms with E-state index < -0.39 is 0 Å². The molecule has 2 aromatic rings. The minimum absolute atomic E-state index is 0.132. The van der Waals surface area contributed by atoms with Crippen LogP contribution < -0.4 is 10.1 Å². The molecule has 1 aromatic heterocycles. The lowest BCUT2D eigenvalue weighted by Crippen LogP contribution is -2.35.